The molecule has 0 aliphatic rings. The Kier molecular flexibility index (Phi) is 3.42. The third-order valence-corrected chi connectivity index (χ3v) is 1.60. The molecule has 0 unspecified atom stereocenters. The molecule has 4 heteroatoms. The lowest BCUT2D eigenvalue weighted by Gasteiger charge is -1.97. The van der Waals surface area contributed by atoms with Crippen LogP contribution in [0.3, 0.4) is 0 Å². The molecule has 0 aliphatic carbocycles. The average molecular weight is 219 g/mol. The Hall–Kier alpha value is -0.510. The molecule has 62 valence electrons. The Morgan fingerprint density at radius 2 is 2.55 bits per heavy atom. The number of halogens is 1. The Bertz CT molecular complexity index is 212. The quantitative estimate of drug-likeness (QED) is 0.720. The summed E-state index contributed by atoms with van der Waals surface area (Å²) < 4.78 is 7.14. The minimum absolute atomic E-state index is 0.690. The van der Waals surface area contributed by atoms with Gasteiger partial charge in [0.2, 0.25) is 0 Å². The lowest BCUT2D eigenvalue weighted by atomic mass is 10.6. The second-order valence-electron chi connectivity index (χ2n) is 2.07. The topological polar surface area (TPSA) is 27.1 Å². The lowest BCUT2D eigenvalue weighted by molar-refractivity contribution is 0.344. The van der Waals surface area contributed by atoms with Crippen molar-refractivity contribution >= 4 is 15.9 Å². The van der Waals surface area contributed by atoms with E-state index in [1.807, 2.05) is 17.8 Å². The van der Waals surface area contributed by atoms with Gasteiger partial charge in [-0.15, -0.1) is 0 Å². The Balaban J connectivity index is 2.44. The van der Waals surface area contributed by atoms with E-state index in [1.54, 1.807) is 6.20 Å². The van der Waals surface area contributed by atoms with Crippen molar-refractivity contribution < 1.29 is 4.74 Å². The minimum Gasteiger partial charge on any atom is -0.489 e. The molecule has 0 aromatic carbocycles. The fourth-order valence-corrected chi connectivity index (χ4v) is 0.910. The maximum atomic E-state index is 5.31. The third kappa shape index (κ3) is 2.54. The molecule has 11 heavy (non-hydrogen) atoms. The van der Waals surface area contributed by atoms with E-state index >= 15 is 0 Å². The van der Waals surface area contributed by atoms with Gasteiger partial charge < -0.3 is 4.74 Å². The molecule has 3 nitrogen and oxygen atoms in total. The molecule has 0 radical (unpaired) electrons. The summed E-state index contributed by atoms with van der Waals surface area (Å²) in [5.41, 5.74) is 0. The zero-order chi connectivity index (χ0) is 8.10. The molecular formula is C7H11BrN2O. The van der Waals surface area contributed by atoms with Crippen LogP contribution in [0.4, 0.5) is 0 Å². The summed E-state index contributed by atoms with van der Waals surface area (Å²) >= 11 is 3.28. The van der Waals surface area contributed by atoms with Crippen LogP contribution in [0.1, 0.15) is 6.92 Å². The van der Waals surface area contributed by atoms with Crippen molar-refractivity contribution in [2.75, 3.05) is 11.9 Å². The SMILES string of the molecule is CCn1cc(OCCBr)cn1. The molecule has 0 saturated carbocycles. The van der Waals surface area contributed by atoms with Crippen LogP contribution in [0.25, 0.3) is 0 Å². The molecule has 0 fully saturated rings. The van der Waals surface area contributed by atoms with Crippen molar-refractivity contribution in [3.63, 3.8) is 0 Å². The predicted molar refractivity (Wildman–Crippen MR) is 47.2 cm³/mol. The molecule has 0 N–H and O–H groups in total. The van der Waals surface area contributed by atoms with Gasteiger partial charge in [0.15, 0.2) is 5.75 Å². The van der Waals surface area contributed by atoms with Crippen molar-refractivity contribution in [1.29, 1.82) is 0 Å². The van der Waals surface area contributed by atoms with Gasteiger partial charge in [-0.2, -0.15) is 5.10 Å². The van der Waals surface area contributed by atoms with E-state index in [4.69, 9.17) is 4.74 Å². The number of ether oxygens (including phenoxy) is 1. The number of rotatable bonds is 4. The van der Waals surface area contributed by atoms with E-state index < -0.39 is 0 Å². The van der Waals surface area contributed by atoms with Crippen LogP contribution in [0.15, 0.2) is 12.4 Å². The first-order valence-electron chi connectivity index (χ1n) is 3.58. The molecule has 1 aromatic heterocycles. The lowest BCUT2D eigenvalue weighted by Crippen LogP contribution is -1.96. The first-order valence-corrected chi connectivity index (χ1v) is 4.70. The molecule has 0 atom stereocenters. The van der Waals surface area contributed by atoms with Crippen molar-refractivity contribution in [2.24, 2.45) is 0 Å². The van der Waals surface area contributed by atoms with Crippen LogP contribution in [-0.4, -0.2) is 21.7 Å². The number of alkyl halides is 1. The molecule has 0 bridgehead atoms. The first-order chi connectivity index (χ1) is 5.36. The van der Waals surface area contributed by atoms with Gasteiger partial charge in [-0.25, -0.2) is 0 Å². The summed E-state index contributed by atoms with van der Waals surface area (Å²) in [7, 11) is 0. The number of aryl methyl sites for hydroxylation is 1. The van der Waals surface area contributed by atoms with Crippen LogP contribution in [0, 0.1) is 0 Å². The highest BCUT2D eigenvalue weighted by molar-refractivity contribution is 9.09. The summed E-state index contributed by atoms with van der Waals surface area (Å²) in [6, 6.07) is 0. The molecule has 1 rings (SSSR count). The molecule has 0 saturated heterocycles. The zero-order valence-corrected chi connectivity index (χ0v) is 8.04. The van der Waals surface area contributed by atoms with Crippen molar-refractivity contribution in [2.45, 2.75) is 13.5 Å². The van der Waals surface area contributed by atoms with Crippen LogP contribution < -0.4 is 4.74 Å². The maximum absolute atomic E-state index is 5.31. The number of hydrogen-bond donors (Lipinski definition) is 0. The molecule has 0 amide bonds. The second-order valence-corrected chi connectivity index (χ2v) is 2.86. The van der Waals surface area contributed by atoms with Gasteiger partial charge in [0.1, 0.15) is 0 Å². The third-order valence-electron chi connectivity index (χ3n) is 1.28. The monoisotopic (exact) mass is 218 g/mol. The zero-order valence-electron chi connectivity index (χ0n) is 6.46. The normalized spacial score (nSPS) is 10.0. The molecule has 0 aliphatic heterocycles. The number of nitrogens with zero attached hydrogens (tertiary/aromatic N) is 2. The Morgan fingerprint density at radius 3 is 3.09 bits per heavy atom. The fraction of sp³-hybridized carbons (Fsp3) is 0.571. The van der Waals surface area contributed by atoms with E-state index in [0.717, 1.165) is 17.6 Å². The van der Waals surface area contributed by atoms with Gasteiger partial charge in [-0.1, -0.05) is 15.9 Å². The molecule has 1 aromatic rings. The van der Waals surface area contributed by atoms with Crippen LogP contribution in [0.5, 0.6) is 5.75 Å². The molecule has 1 heterocycles. The molecule has 0 spiro atoms. The average Bonchev–Trinajstić information content (AvgIpc) is 2.48. The van der Waals surface area contributed by atoms with Gasteiger partial charge in [0.25, 0.3) is 0 Å². The summed E-state index contributed by atoms with van der Waals surface area (Å²) in [6.07, 6.45) is 3.62. The van der Waals surface area contributed by atoms with Gasteiger partial charge in [-0.3, -0.25) is 4.68 Å². The van der Waals surface area contributed by atoms with E-state index in [-0.39, 0.29) is 0 Å². The highest BCUT2D eigenvalue weighted by Gasteiger charge is 1.95. The summed E-state index contributed by atoms with van der Waals surface area (Å²) in [6.45, 7) is 3.62. The highest BCUT2D eigenvalue weighted by atomic mass is 79.9. The number of aromatic nitrogens is 2. The summed E-state index contributed by atoms with van der Waals surface area (Å²) in [5.74, 6) is 0.839. The van der Waals surface area contributed by atoms with Crippen LogP contribution in [-0.2, 0) is 6.54 Å². The fourth-order valence-electron chi connectivity index (χ4n) is 0.749. The van der Waals surface area contributed by atoms with Gasteiger partial charge >= 0.3 is 0 Å². The maximum Gasteiger partial charge on any atom is 0.157 e. The Morgan fingerprint density at radius 1 is 1.73 bits per heavy atom. The second kappa shape index (κ2) is 4.38. The van der Waals surface area contributed by atoms with Crippen LogP contribution >= 0.6 is 15.9 Å². The van der Waals surface area contributed by atoms with Crippen LogP contribution in [0.2, 0.25) is 0 Å². The van der Waals surface area contributed by atoms with E-state index in [0.29, 0.717) is 6.61 Å². The predicted octanol–water partition coefficient (Wildman–Crippen LogP) is 1.68. The van der Waals surface area contributed by atoms with Gasteiger partial charge in [0, 0.05) is 11.9 Å². The van der Waals surface area contributed by atoms with E-state index in [1.165, 1.54) is 0 Å². The minimum atomic E-state index is 0.690. The summed E-state index contributed by atoms with van der Waals surface area (Å²) in [5, 5.41) is 4.92. The standard InChI is InChI=1S/C7H11BrN2O/c1-2-10-6-7(5-9-10)11-4-3-8/h5-6H,2-4H2,1H3. The van der Waals surface area contributed by atoms with Crippen molar-refractivity contribution in [3.05, 3.63) is 12.4 Å². The van der Waals surface area contributed by atoms with Crippen molar-refractivity contribution in [1.82, 2.24) is 9.78 Å². The smallest absolute Gasteiger partial charge is 0.157 e. The van der Waals surface area contributed by atoms with Gasteiger partial charge in [-0.05, 0) is 6.92 Å². The first kappa shape index (κ1) is 8.59. The summed E-state index contributed by atoms with van der Waals surface area (Å²) in [4.78, 5) is 0. The largest absolute Gasteiger partial charge is 0.489 e. The molecular weight excluding hydrogens is 208 g/mol. The van der Waals surface area contributed by atoms with Gasteiger partial charge in [0.05, 0.1) is 19.0 Å². The number of hydrogen-bond acceptors (Lipinski definition) is 2. The Labute approximate surface area is 74.5 Å². The van der Waals surface area contributed by atoms with Crippen molar-refractivity contribution in [3.8, 4) is 5.75 Å². The highest BCUT2D eigenvalue weighted by Crippen LogP contribution is 2.07. The van der Waals surface area contributed by atoms with E-state index in [9.17, 15) is 0 Å². The van der Waals surface area contributed by atoms with E-state index in [2.05, 4.69) is 21.0 Å².